The molecule has 0 aromatic heterocycles. The second-order valence-electron chi connectivity index (χ2n) is 2.60. The van der Waals surface area contributed by atoms with Crippen LogP contribution in [-0.2, 0) is 10.1 Å². The first-order valence-electron chi connectivity index (χ1n) is 4.06. The molecule has 0 atom stereocenters. The Balaban J connectivity index is 0.000000500. The third-order valence-corrected chi connectivity index (χ3v) is 2.19. The molecule has 80 valence electrons. The Morgan fingerprint density at radius 1 is 1.21 bits per heavy atom. The average molecular weight is 218 g/mol. The smallest absolute Gasteiger partial charge is 0.294 e. The molecule has 0 radical (unpaired) electrons. The first kappa shape index (κ1) is 13.1. The lowest BCUT2D eigenvalue weighted by molar-refractivity contribution is 0.318. The normalized spacial score (nSPS) is 10.3. The van der Waals surface area contributed by atoms with Crippen LogP contribution in [-0.4, -0.2) is 24.7 Å². The molecule has 0 spiro atoms. The summed E-state index contributed by atoms with van der Waals surface area (Å²) in [6.45, 7) is 3.77. The van der Waals surface area contributed by atoms with Gasteiger partial charge in [-0.1, -0.05) is 17.7 Å². The molecule has 0 aliphatic heterocycles. The van der Waals surface area contributed by atoms with Crippen molar-refractivity contribution in [3.05, 3.63) is 29.8 Å². The number of hydrogen-bond acceptors (Lipinski definition) is 3. The topological polar surface area (TPSA) is 74.6 Å². The van der Waals surface area contributed by atoms with Crippen LogP contribution >= 0.6 is 0 Å². The summed E-state index contributed by atoms with van der Waals surface area (Å²) in [7, 11) is -4.02. The number of hydrogen-bond donors (Lipinski definition) is 2. The zero-order valence-electron chi connectivity index (χ0n) is 8.14. The van der Waals surface area contributed by atoms with E-state index in [1.54, 1.807) is 19.1 Å². The third-order valence-electron chi connectivity index (χ3n) is 1.32. The van der Waals surface area contributed by atoms with Crippen LogP contribution in [0.1, 0.15) is 12.5 Å². The number of benzene rings is 1. The number of aryl methyl sites for hydroxylation is 1. The van der Waals surface area contributed by atoms with Gasteiger partial charge in [0.2, 0.25) is 0 Å². The lowest BCUT2D eigenvalue weighted by Gasteiger charge is -1.95. The highest BCUT2D eigenvalue weighted by Gasteiger charge is 2.06. The van der Waals surface area contributed by atoms with Gasteiger partial charge < -0.3 is 5.11 Å². The molecule has 1 aromatic carbocycles. The predicted octanol–water partition coefficient (Wildman–Crippen LogP) is 1.24. The average Bonchev–Trinajstić information content (AvgIpc) is 2.04. The van der Waals surface area contributed by atoms with Crippen LogP contribution in [0.15, 0.2) is 29.2 Å². The van der Waals surface area contributed by atoms with Gasteiger partial charge in [0, 0.05) is 6.61 Å². The van der Waals surface area contributed by atoms with Gasteiger partial charge in [-0.05, 0) is 26.0 Å². The molecule has 0 unspecified atom stereocenters. The highest BCUT2D eigenvalue weighted by atomic mass is 32.2. The van der Waals surface area contributed by atoms with Crippen molar-refractivity contribution in [3.8, 4) is 0 Å². The second kappa shape index (κ2) is 5.74. The van der Waals surface area contributed by atoms with Crippen LogP contribution in [0.4, 0.5) is 0 Å². The number of rotatable bonds is 1. The van der Waals surface area contributed by atoms with E-state index in [9.17, 15) is 8.42 Å². The number of aliphatic hydroxyl groups excluding tert-OH is 1. The van der Waals surface area contributed by atoms with Gasteiger partial charge in [0.1, 0.15) is 0 Å². The summed E-state index contributed by atoms with van der Waals surface area (Å²) in [6.07, 6.45) is 0. The van der Waals surface area contributed by atoms with Crippen molar-refractivity contribution in [2.24, 2.45) is 0 Å². The Morgan fingerprint density at radius 2 is 1.57 bits per heavy atom. The van der Waals surface area contributed by atoms with Crippen LogP contribution in [0, 0.1) is 6.92 Å². The van der Waals surface area contributed by atoms with Crippen molar-refractivity contribution in [1.82, 2.24) is 0 Å². The number of aliphatic hydroxyl groups is 1. The monoisotopic (exact) mass is 218 g/mol. The molecule has 0 aliphatic rings. The molecular formula is C9H14O4S. The Labute approximate surface area is 84.0 Å². The first-order valence-corrected chi connectivity index (χ1v) is 5.50. The highest BCUT2D eigenvalue weighted by molar-refractivity contribution is 7.85. The zero-order chi connectivity index (χ0) is 11.2. The Hall–Kier alpha value is -0.910. The lowest BCUT2D eigenvalue weighted by Crippen LogP contribution is -1.96. The van der Waals surface area contributed by atoms with E-state index in [1.807, 2.05) is 6.92 Å². The van der Waals surface area contributed by atoms with Crippen molar-refractivity contribution < 1.29 is 18.1 Å². The first-order chi connectivity index (χ1) is 6.41. The van der Waals surface area contributed by atoms with E-state index in [1.165, 1.54) is 12.1 Å². The molecule has 0 heterocycles. The van der Waals surface area contributed by atoms with Crippen molar-refractivity contribution in [2.75, 3.05) is 6.61 Å². The van der Waals surface area contributed by atoms with Crippen molar-refractivity contribution in [1.29, 1.82) is 0 Å². The summed E-state index contributed by atoms with van der Waals surface area (Å²) in [5.74, 6) is 0. The predicted molar refractivity (Wildman–Crippen MR) is 53.8 cm³/mol. The standard InChI is InChI=1S/C7H8O3S.C2H6O/c1-6-2-4-7(5-3-6)11(8,9)10;1-2-3/h2-5H,1H3,(H,8,9,10);3H,2H2,1H3. The van der Waals surface area contributed by atoms with Crippen LogP contribution in [0.5, 0.6) is 0 Å². The molecule has 2 N–H and O–H groups in total. The summed E-state index contributed by atoms with van der Waals surface area (Å²) >= 11 is 0. The summed E-state index contributed by atoms with van der Waals surface area (Å²) in [5, 5.41) is 7.57. The third kappa shape index (κ3) is 4.96. The summed E-state index contributed by atoms with van der Waals surface area (Å²) in [4.78, 5) is -0.0666. The van der Waals surface area contributed by atoms with E-state index in [4.69, 9.17) is 9.66 Å². The molecule has 5 heteroatoms. The molecule has 1 aromatic rings. The van der Waals surface area contributed by atoms with E-state index in [2.05, 4.69) is 0 Å². The van der Waals surface area contributed by atoms with Crippen LogP contribution in [0.25, 0.3) is 0 Å². The molecule has 14 heavy (non-hydrogen) atoms. The summed E-state index contributed by atoms with van der Waals surface area (Å²) < 4.78 is 29.6. The fraction of sp³-hybridized carbons (Fsp3) is 0.333. The van der Waals surface area contributed by atoms with E-state index in [-0.39, 0.29) is 11.5 Å². The quantitative estimate of drug-likeness (QED) is 0.695. The molecule has 0 saturated heterocycles. The van der Waals surface area contributed by atoms with Gasteiger partial charge in [0.25, 0.3) is 10.1 Å². The molecule has 0 saturated carbocycles. The minimum absolute atomic E-state index is 0.0666. The fourth-order valence-corrected chi connectivity index (χ4v) is 1.19. The van der Waals surface area contributed by atoms with Gasteiger partial charge in [-0.2, -0.15) is 8.42 Å². The minimum Gasteiger partial charge on any atom is -0.397 e. The van der Waals surface area contributed by atoms with Gasteiger partial charge in [0.15, 0.2) is 0 Å². The molecular weight excluding hydrogens is 204 g/mol. The maximum atomic E-state index is 10.5. The molecule has 1 rings (SSSR count). The second-order valence-corrected chi connectivity index (χ2v) is 4.03. The maximum absolute atomic E-state index is 10.5. The molecule has 4 nitrogen and oxygen atoms in total. The van der Waals surface area contributed by atoms with E-state index < -0.39 is 10.1 Å². The maximum Gasteiger partial charge on any atom is 0.294 e. The van der Waals surface area contributed by atoms with Gasteiger partial charge in [-0.3, -0.25) is 4.55 Å². The Bertz CT molecular complexity index is 353. The van der Waals surface area contributed by atoms with E-state index >= 15 is 0 Å². The van der Waals surface area contributed by atoms with Crippen LogP contribution in [0.3, 0.4) is 0 Å². The molecule has 0 amide bonds. The van der Waals surface area contributed by atoms with E-state index in [0.717, 1.165) is 5.56 Å². The molecule has 0 fully saturated rings. The highest BCUT2D eigenvalue weighted by Crippen LogP contribution is 2.08. The van der Waals surface area contributed by atoms with Gasteiger partial charge in [-0.15, -0.1) is 0 Å². The van der Waals surface area contributed by atoms with E-state index in [0.29, 0.717) is 0 Å². The van der Waals surface area contributed by atoms with Gasteiger partial charge in [0.05, 0.1) is 4.90 Å². The van der Waals surface area contributed by atoms with Crippen molar-refractivity contribution in [2.45, 2.75) is 18.7 Å². The van der Waals surface area contributed by atoms with Crippen LogP contribution < -0.4 is 0 Å². The Morgan fingerprint density at radius 3 is 1.86 bits per heavy atom. The van der Waals surface area contributed by atoms with Gasteiger partial charge in [-0.25, -0.2) is 0 Å². The lowest BCUT2D eigenvalue weighted by atomic mass is 10.2. The van der Waals surface area contributed by atoms with Crippen molar-refractivity contribution in [3.63, 3.8) is 0 Å². The zero-order valence-corrected chi connectivity index (χ0v) is 8.95. The fourth-order valence-electron chi connectivity index (χ4n) is 0.710. The summed E-state index contributed by atoms with van der Waals surface area (Å²) in [6, 6.07) is 5.99. The molecule has 0 aliphatic carbocycles. The molecule has 0 bridgehead atoms. The summed E-state index contributed by atoms with van der Waals surface area (Å²) in [5.41, 5.74) is 0.956. The Kier molecular flexibility index (Phi) is 5.37. The minimum atomic E-state index is -4.02. The van der Waals surface area contributed by atoms with Gasteiger partial charge >= 0.3 is 0 Å². The van der Waals surface area contributed by atoms with Crippen molar-refractivity contribution >= 4 is 10.1 Å². The SMILES string of the molecule is CCO.Cc1ccc(S(=O)(=O)O)cc1. The van der Waals surface area contributed by atoms with Crippen LogP contribution in [0.2, 0.25) is 0 Å². The largest absolute Gasteiger partial charge is 0.397 e.